The second kappa shape index (κ2) is 44.1. The summed E-state index contributed by atoms with van der Waals surface area (Å²) in [5.41, 5.74) is 0.376. The summed E-state index contributed by atoms with van der Waals surface area (Å²) in [7, 11) is 1.26. The number of ether oxygens (including phenoxy) is 3. The third kappa shape index (κ3) is 31.0. The van der Waals surface area contributed by atoms with E-state index >= 15 is 0 Å². The first kappa shape index (κ1) is 80.7. The Hall–Kier alpha value is -7.28. The van der Waals surface area contributed by atoms with Crippen LogP contribution in [0.25, 0.3) is 0 Å². The molecule has 0 bridgehead atoms. The Morgan fingerprint density at radius 1 is 0.525 bits per heavy atom. The number of nitrogens with zero attached hydrogens (tertiary/aromatic N) is 4. The molecule has 1 aromatic carbocycles. The molecule has 33 nitrogen and oxygen atoms in total. The van der Waals surface area contributed by atoms with Crippen molar-refractivity contribution in [1.29, 1.82) is 10.8 Å². The van der Waals surface area contributed by atoms with Gasteiger partial charge in [-0.05, 0) is 89.3 Å². The molecule has 8 atom stereocenters. The van der Waals surface area contributed by atoms with Crippen molar-refractivity contribution in [2.45, 2.75) is 144 Å². The summed E-state index contributed by atoms with van der Waals surface area (Å²) < 4.78 is 16.2. The third-order valence-corrected chi connectivity index (χ3v) is 20.6. The summed E-state index contributed by atoms with van der Waals surface area (Å²) in [5.74, 6) is -2.67. The van der Waals surface area contributed by atoms with Crippen LogP contribution in [0, 0.1) is 10.8 Å². The van der Waals surface area contributed by atoms with Crippen molar-refractivity contribution in [3.63, 3.8) is 0 Å². The topological polar surface area (TPSA) is 452 Å². The van der Waals surface area contributed by atoms with Gasteiger partial charge in [0.2, 0.25) is 17.7 Å². The molecule has 5 aliphatic rings. The van der Waals surface area contributed by atoms with E-state index in [1.807, 2.05) is 35.3 Å². The van der Waals surface area contributed by atoms with E-state index in [1.165, 1.54) is 25.3 Å². The van der Waals surface area contributed by atoms with E-state index in [4.69, 9.17) is 25.0 Å². The molecule has 0 aromatic heterocycles. The molecular formula is C64H105N17O16S2. The highest BCUT2D eigenvalue weighted by Gasteiger charge is 2.42. The van der Waals surface area contributed by atoms with E-state index in [9.17, 15) is 63.3 Å². The number of carbonyl (C=O) groups is 10. The Labute approximate surface area is 587 Å². The molecule has 0 spiro atoms. The van der Waals surface area contributed by atoms with Gasteiger partial charge >= 0.3 is 29.9 Å². The highest BCUT2D eigenvalue weighted by molar-refractivity contribution is 8.00. The molecule has 5 aliphatic heterocycles. The molecule has 0 unspecified atom stereocenters. The molecule has 99 heavy (non-hydrogen) atoms. The maximum absolute atomic E-state index is 13.7. The van der Waals surface area contributed by atoms with E-state index in [0.29, 0.717) is 93.0 Å². The van der Waals surface area contributed by atoms with Crippen LogP contribution in [-0.4, -0.2) is 303 Å². The number of hydrogen-bond acceptors (Lipinski definition) is 21. The predicted molar refractivity (Wildman–Crippen MR) is 373 cm³/mol. The third-order valence-electron chi connectivity index (χ3n) is 17.6. The van der Waals surface area contributed by atoms with Gasteiger partial charge in [-0.1, -0.05) is 12.8 Å². The number of methoxy groups -OCH3 is 1. The van der Waals surface area contributed by atoms with Crippen molar-refractivity contribution in [3.8, 4) is 0 Å². The molecule has 0 radical (unpaired) electrons. The van der Waals surface area contributed by atoms with Crippen LogP contribution in [0.5, 0.6) is 0 Å². The van der Waals surface area contributed by atoms with Crippen LogP contribution >= 0.6 is 23.5 Å². The van der Waals surface area contributed by atoms with Crippen LogP contribution in [0.2, 0.25) is 0 Å². The predicted octanol–water partition coefficient (Wildman–Crippen LogP) is -0.523. The van der Waals surface area contributed by atoms with Gasteiger partial charge in [-0.2, -0.15) is 23.5 Å². The number of carboxylic acids is 3. The summed E-state index contributed by atoms with van der Waals surface area (Å²) in [5, 5.41) is 77.5. The van der Waals surface area contributed by atoms with Crippen molar-refractivity contribution in [3.05, 3.63) is 29.3 Å². The molecule has 7 amide bonds. The van der Waals surface area contributed by atoms with Gasteiger partial charge in [0.05, 0.1) is 83.9 Å². The minimum absolute atomic E-state index is 0.000910. The summed E-state index contributed by atoms with van der Waals surface area (Å²) in [6, 6.07) is 3.75. The van der Waals surface area contributed by atoms with E-state index in [0.717, 1.165) is 43.6 Å². The van der Waals surface area contributed by atoms with Crippen molar-refractivity contribution < 1.29 is 77.5 Å². The van der Waals surface area contributed by atoms with Gasteiger partial charge in [-0.15, -0.1) is 0 Å². The minimum Gasteiger partial charge on any atom is -0.480 e. The van der Waals surface area contributed by atoms with Gasteiger partial charge in [-0.3, -0.25) is 68.8 Å². The second-order valence-electron chi connectivity index (χ2n) is 25.5. The smallest absolute Gasteiger partial charge is 0.328 e. The lowest BCUT2D eigenvalue weighted by molar-refractivity contribution is -0.145. The summed E-state index contributed by atoms with van der Waals surface area (Å²) in [6.07, 6.45) is 8.92. The standard InChI is InChI=1S/C64H105N17O16S2/c1-42(71-51(82)15-5-3-13-49-57-47(40-98-49)74-62(65)76-57)11-7-9-17-68-59(91)43-33-44(60(92)69-18-10-8-12-46(61(93)95-2)73-52(83)16-6-4-14-50-58-48(41-99-50)75-63(66)77-58)35-45(34-43)72-64(94)70-20-30-97-32-31-96-29-19-67-53(84)36-78-21-23-79(37-54(85)86)25-27-81(39-56(89)90)28-26-80(24-22-78)38-55(87)88/h33-35,42,46-50,57-58H,3-32,36-41H2,1-2H3,(H,67,84)(H,68,91)(H,69,92)(H,71,82)(H,73,83)(H,85,86)(H,87,88)(H,89,90)(H3,65,74,76)(H3,66,75,77)(H2,70,72,94)/t42-,46+,47+,48+,49+,50+,57+,58+/m1/s1. The van der Waals surface area contributed by atoms with Crippen LogP contribution in [0.15, 0.2) is 18.2 Å². The first-order valence-electron chi connectivity index (χ1n) is 34.5. The fraction of sp³-hybridized carbons (Fsp3) is 0.719. The number of thioether (sulfide) groups is 2. The molecule has 5 saturated heterocycles. The van der Waals surface area contributed by atoms with Crippen molar-refractivity contribution in [2.75, 3.05) is 155 Å². The number of aliphatic carboxylic acids is 3. The van der Waals surface area contributed by atoms with Gasteiger partial charge in [0.15, 0.2) is 11.9 Å². The number of carboxylic acid groups (broad SMARTS) is 3. The molecule has 554 valence electrons. The highest BCUT2D eigenvalue weighted by atomic mass is 32.2. The quantitative estimate of drug-likeness (QED) is 0.0289. The molecule has 6 rings (SSSR count). The summed E-state index contributed by atoms with van der Waals surface area (Å²) in [6.45, 7) is 4.53. The fourth-order valence-corrected chi connectivity index (χ4v) is 15.4. The minimum atomic E-state index is -1.05. The first-order valence-corrected chi connectivity index (χ1v) is 36.6. The average molecular weight is 1430 g/mol. The zero-order valence-corrected chi connectivity index (χ0v) is 58.7. The van der Waals surface area contributed by atoms with Gasteiger partial charge in [0, 0.05) is 136 Å². The highest BCUT2D eigenvalue weighted by Crippen LogP contribution is 2.34. The van der Waals surface area contributed by atoms with Gasteiger partial charge in [0.25, 0.3) is 11.8 Å². The maximum atomic E-state index is 13.7. The lowest BCUT2D eigenvalue weighted by atomic mass is 10.0. The SMILES string of the molecule is COC(=O)[C@H](CCCCNC(=O)c1cc(NC(=O)NCCOCCOCCNC(=O)CN2CCN(CC(=O)O)CCN(CC(=O)O)CCN(CC(=O)O)CC2)cc(C(=O)NCCCC[C@@H](C)NC(=O)CCCC[C@@H]2SC[C@@H]3NC(=N)N[C@@H]32)c1)NC(=O)CCCC[C@@H]1SC[C@@H]2NC(=N)N[C@@H]21. The molecule has 0 aliphatic carbocycles. The monoisotopic (exact) mass is 1430 g/mol. The van der Waals surface area contributed by atoms with Crippen LogP contribution in [-0.2, 0) is 47.8 Å². The number of nitrogens with one attached hydrogen (secondary N) is 13. The number of esters is 1. The van der Waals surface area contributed by atoms with Gasteiger partial charge in [0.1, 0.15) is 6.04 Å². The van der Waals surface area contributed by atoms with Crippen LogP contribution in [0.1, 0.15) is 118 Å². The Balaban J connectivity index is 0.904. The number of rotatable bonds is 43. The van der Waals surface area contributed by atoms with E-state index in [2.05, 4.69) is 58.5 Å². The number of amides is 7. The molecular weight excluding hydrogens is 1330 g/mol. The molecule has 35 heteroatoms. The molecule has 0 saturated carbocycles. The Morgan fingerprint density at radius 2 is 0.970 bits per heavy atom. The number of fused-ring (bicyclic) bond motifs is 2. The normalized spacial score (nSPS) is 21.1. The molecule has 5 heterocycles. The number of carbonyl (C=O) groups excluding carboxylic acids is 7. The van der Waals surface area contributed by atoms with E-state index in [1.54, 1.807) is 14.7 Å². The molecule has 1 aromatic rings. The Morgan fingerprint density at radius 3 is 1.43 bits per heavy atom. The second-order valence-corrected chi connectivity index (χ2v) is 28.0. The van der Waals surface area contributed by atoms with Gasteiger partial charge < -0.3 is 88.0 Å². The van der Waals surface area contributed by atoms with Crippen molar-refractivity contribution in [2.24, 2.45) is 0 Å². The number of benzene rings is 1. The fourth-order valence-electron chi connectivity index (χ4n) is 12.3. The number of guanidine groups is 2. The lowest BCUT2D eigenvalue weighted by Gasteiger charge is -2.32. The Bertz CT molecular complexity index is 2820. The zero-order valence-electron chi connectivity index (χ0n) is 57.1. The number of urea groups is 1. The molecule has 5 fully saturated rings. The van der Waals surface area contributed by atoms with E-state index < -0.39 is 47.8 Å². The van der Waals surface area contributed by atoms with Crippen molar-refractivity contribution >= 4 is 101 Å². The lowest BCUT2D eigenvalue weighted by Crippen LogP contribution is -2.50. The number of anilines is 1. The Kier molecular flexibility index (Phi) is 35.9. The van der Waals surface area contributed by atoms with Crippen LogP contribution in [0.3, 0.4) is 0 Å². The number of hydrogen-bond donors (Lipinski definition) is 16. The maximum Gasteiger partial charge on any atom is 0.328 e. The summed E-state index contributed by atoms with van der Waals surface area (Å²) in [4.78, 5) is 134. The first-order chi connectivity index (χ1) is 47.6. The largest absolute Gasteiger partial charge is 0.480 e. The summed E-state index contributed by atoms with van der Waals surface area (Å²) >= 11 is 3.77. The van der Waals surface area contributed by atoms with E-state index in [-0.39, 0.29) is 183 Å². The molecule has 16 N–H and O–H groups in total. The van der Waals surface area contributed by atoms with Gasteiger partial charge in [-0.25, -0.2) is 9.59 Å². The van der Waals surface area contributed by atoms with Crippen LogP contribution < -0.4 is 58.5 Å². The van der Waals surface area contributed by atoms with Crippen LogP contribution in [0.4, 0.5) is 10.5 Å². The van der Waals surface area contributed by atoms with Crippen molar-refractivity contribution in [1.82, 2.24) is 72.8 Å². The average Bonchev–Trinajstić information content (AvgIpc) is 1.71. The number of unbranched alkanes of at least 4 members (excludes halogenated alkanes) is 4. The zero-order chi connectivity index (χ0) is 71.5.